The van der Waals surface area contributed by atoms with Crippen molar-refractivity contribution in [3.8, 4) is 0 Å². The maximum Gasteiger partial charge on any atom is 0.307 e. The first kappa shape index (κ1) is 15.2. The molecule has 0 fully saturated rings. The quantitative estimate of drug-likeness (QED) is 0.751. The summed E-state index contributed by atoms with van der Waals surface area (Å²) >= 11 is 0. The number of hydrogen-bond acceptors (Lipinski definition) is 5. The Balaban J connectivity index is 2.58. The lowest BCUT2D eigenvalue weighted by Crippen LogP contribution is -2.22. The molecule has 0 saturated carbocycles. The number of aryl methyl sites for hydroxylation is 1. The standard InChI is InChI=1S/C12H15NO5S/c1-9-2-4-10(5-3-9)19(16,17)7-6-12(15)18-8-11(13)14/h2-5H,6-8H2,1H3,(H2,13,14). The maximum atomic E-state index is 11.9. The monoisotopic (exact) mass is 285 g/mol. The first-order valence-corrected chi connectivity index (χ1v) is 7.20. The van der Waals surface area contributed by atoms with Crippen molar-refractivity contribution in [3.05, 3.63) is 29.8 Å². The molecule has 2 N–H and O–H groups in total. The van der Waals surface area contributed by atoms with Gasteiger partial charge in [-0.1, -0.05) is 17.7 Å². The SMILES string of the molecule is Cc1ccc(S(=O)(=O)CCC(=O)OCC(N)=O)cc1. The fraction of sp³-hybridized carbons (Fsp3) is 0.333. The van der Waals surface area contributed by atoms with Crippen LogP contribution in [0.1, 0.15) is 12.0 Å². The number of benzene rings is 1. The topological polar surface area (TPSA) is 104 Å². The van der Waals surface area contributed by atoms with Crippen molar-refractivity contribution in [1.82, 2.24) is 0 Å². The Morgan fingerprint density at radius 3 is 2.32 bits per heavy atom. The lowest BCUT2D eigenvalue weighted by atomic mass is 10.2. The van der Waals surface area contributed by atoms with Gasteiger partial charge >= 0.3 is 5.97 Å². The van der Waals surface area contributed by atoms with E-state index >= 15 is 0 Å². The van der Waals surface area contributed by atoms with E-state index in [4.69, 9.17) is 5.73 Å². The molecule has 1 amide bonds. The molecular weight excluding hydrogens is 270 g/mol. The van der Waals surface area contributed by atoms with Gasteiger partial charge in [-0.2, -0.15) is 0 Å². The van der Waals surface area contributed by atoms with Crippen LogP contribution >= 0.6 is 0 Å². The number of amides is 1. The van der Waals surface area contributed by atoms with Crippen LogP contribution in [0.5, 0.6) is 0 Å². The number of hydrogen-bond donors (Lipinski definition) is 1. The number of nitrogens with two attached hydrogens (primary N) is 1. The third-order valence-electron chi connectivity index (χ3n) is 2.33. The van der Waals surface area contributed by atoms with Crippen LogP contribution in [0, 0.1) is 6.92 Å². The second kappa shape index (κ2) is 6.33. The van der Waals surface area contributed by atoms with Crippen LogP contribution in [0.2, 0.25) is 0 Å². The molecule has 0 saturated heterocycles. The van der Waals surface area contributed by atoms with E-state index in [1.165, 1.54) is 12.1 Å². The number of sulfone groups is 1. The van der Waals surface area contributed by atoms with Gasteiger partial charge in [0.15, 0.2) is 16.4 Å². The summed E-state index contributed by atoms with van der Waals surface area (Å²) in [6.45, 7) is 1.31. The van der Waals surface area contributed by atoms with Gasteiger partial charge in [-0.25, -0.2) is 8.42 Å². The molecule has 0 aliphatic heterocycles. The molecule has 0 aliphatic rings. The van der Waals surface area contributed by atoms with Crippen LogP contribution in [-0.4, -0.2) is 32.7 Å². The molecule has 0 unspecified atom stereocenters. The van der Waals surface area contributed by atoms with Crippen LogP contribution in [-0.2, 0) is 24.2 Å². The van der Waals surface area contributed by atoms with Crippen molar-refractivity contribution in [3.63, 3.8) is 0 Å². The van der Waals surface area contributed by atoms with Gasteiger partial charge in [0.2, 0.25) is 0 Å². The number of carbonyl (C=O) groups excluding carboxylic acids is 2. The van der Waals surface area contributed by atoms with Gasteiger partial charge in [0.05, 0.1) is 17.1 Å². The average molecular weight is 285 g/mol. The number of rotatable bonds is 6. The summed E-state index contributed by atoms with van der Waals surface area (Å²) in [5, 5.41) is 0. The highest BCUT2D eigenvalue weighted by Gasteiger charge is 2.17. The van der Waals surface area contributed by atoms with Gasteiger partial charge in [0.1, 0.15) is 0 Å². The molecule has 0 aliphatic carbocycles. The fourth-order valence-electron chi connectivity index (χ4n) is 1.30. The van der Waals surface area contributed by atoms with E-state index < -0.39 is 28.3 Å². The van der Waals surface area contributed by atoms with E-state index in [1.54, 1.807) is 12.1 Å². The van der Waals surface area contributed by atoms with Gasteiger partial charge in [-0.15, -0.1) is 0 Å². The molecule has 0 radical (unpaired) electrons. The van der Waals surface area contributed by atoms with Crippen LogP contribution in [0.25, 0.3) is 0 Å². The van der Waals surface area contributed by atoms with Crippen molar-refractivity contribution in [1.29, 1.82) is 0 Å². The summed E-state index contributed by atoms with van der Waals surface area (Å²) in [4.78, 5) is 21.7. The molecule has 19 heavy (non-hydrogen) atoms. The zero-order chi connectivity index (χ0) is 14.5. The smallest absolute Gasteiger partial charge is 0.307 e. The summed E-state index contributed by atoms with van der Waals surface area (Å²) in [6, 6.07) is 6.33. The predicted molar refractivity (Wildman–Crippen MR) is 68.0 cm³/mol. The first-order valence-electron chi connectivity index (χ1n) is 5.54. The Hall–Kier alpha value is -1.89. The third-order valence-corrected chi connectivity index (χ3v) is 4.06. The largest absolute Gasteiger partial charge is 0.456 e. The third kappa shape index (κ3) is 5.09. The van der Waals surface area contributed by atoms with Crippen LogP contribution in [0.4, 0.5) is 0 Å². The zero-order valence-corrected chi connectivity index (χ0v) is 11.3. The van der Waals surface area contributed by atoms with Crippen LogP contribution < -0.4 is 5.73 Å². The summed E-state index contributed by atoms with van der Waals surface area (Å²) in [5.41, 5.74) is 5.74. The minimum atomic E-state index is -3.53. The highest BCUT2D eigenvalue weighted by molar-refractivity contribution is 7.91. The van der Waals surface area contributed by atoms with E-state index in [0.29, 0.717) is 0 Å². The van der Waals surface area contributed by atoms with Gasteiger partial charge in [0.25, 0.3) is 5.91 Å². The van der Waals surface area contributed by atoms with Crippen molar-refractivity contribution >= 4 is 21.7 Å². The average Bonchev–Trinajstić information content (AvgIpc) is 2.34. The van der Waals surface area contributed by atoms with E-state index in [-0.39, 0.29) is 17.1 Å². The molecule has 0 bridgehead atoms. The van der Waals surface area contributed by atoms with Crippen molar-refractivity contribution < 1.29 is 22.7 Å². The molecule has 0 atom stereocenters. The van der Waals surface area contributed by atoms with Crippen molar-refractivity contribution in [2.45, 2.75) is 18.2 Å². The molecule has 104 valence electrons. The Morgan fingerprint density at radius 2 is 1.79 bits per heavy atom. The zero-order valence-electron chi connectivity index (χ0n) is 10.5. The van der Waals surface area contributed by atoms with Gasteiger partial charge in [-0.3, -0.25) is 9.59 Å². The van der Waals surface area contributed by atoms with Crippen molar-refractivity contribution in [2.24, 2.45) is 5.73 Å². The second-order valence-electron chi connectivity index (χ2n) is 4.01. The molecule has 1 aromatic carbocycles. The second-order valence-corrected chi connectivity index (χ2v) is 6.12. The Bertz CT molecular complexity index is 562. The normalized spacial score (nSPS) is 11.0. The molecule has 1 rings (SSSR count). The minimum absolute atomic E-state index is 0.154. The molecule has 0 spiro atoms. The molecule has 6 nitrogen and oxygen atoms in total. The summed E-state index contributed by atoms with van der Waals surface area (Å²) in [7, 11) is -3.53. The Morgan fingerprint density at radius 1 is 1.21 bits per heavy atom. The number of esters is 1. The molecule has 1 aromatic rings. The predicted octanol–water partition coefficient (Wildman–Crippen LogP) is 0.187. The number of primary amides is 1. The van der Waals surface area contributed by atoms with Crippen molar-refractivity contribution in [2.75, 3.05) is 12.4 Å². The van der Waals surface area contributed by atoms with Gasteiger partial charge in [0, 0.05) is 0 Å². The molecular formula is C12H15NO5S. The number of ether oxygens (including phenoxy) is 1. The summed E-state index contributed by atoms with van der Waals surface area (Å²) in [6.07, 6.45) is -0.316. The Kier molecular flexibility index (Phi) is 5.05. The van der Waals surface area contributed by atoms with E-state index in [2.05, 4.69) is 4.74 Å². The highest BCUT2D eigenvalue weighted by Crippen LogP contribution is 2.13. The van der Waals surface area contributed by atoms with E-state index in [9.17, 15) is 18.0 Å². The molecule has 0 heterocycles. The van der Waals surface area contributed by atoms with E-state index in [1.807, 2.05) is 6.92 Å². The minimum Gasteiger partial charge on any atom is -0.456 e. The first-order chi connectivity index (χ1) is 8.81. The molecule has 0 aromatic heterocycles. The number of carbonyl (C=O) groups is 2. The lowest BCUT2D eigenvalue weighted by molar-refractivity contribution is -0.147. The fourth-order valence-corrected chi connectivity index (χ4v) is 2.53. The molecule has 7 heteroatoms. The van der Waals surface area contributed by atoms with Gasteiger partial charge in [-0.05, 0) is 19.1 Å². The maximum absolute atomic E-state index is 11.9. The summed E-state index contributed by atoms with van der Waals surface area (Å²) in [5.74, 6) is -1.92. The summed E-state index contributed by atoms with van der Waals surface area (Å²) < 4.78 is 28.2. The highest BCUT2D eigenvalue weighted by atomic mass is 32.2. The van der Waals surface area contributed by atoms with Crippen LogP contribution in [0.15, 0.2) is 29.2 Å². The Labute approximate surface area is 111 Å². The lowest BCUT2D eigenvalue weighted by Gasteiger charge is -2.05. The van der Waals surface area contributed by atoms with Gasteiger partial charge < -0.3 is 10.5 Å². The van der Waals surface area contributed by atoms with E-state index in [0.717, 1.165) is 5.56 Å². The van der Waals surface area contributed by atoms with Crippen LogP contribution in [0.3, 0.4) is 0 Å².